The second-order valence-corrected chi connectivity index (χ2v) is 6.80. The van der Waals surface area contributed by atoms with Crippen molar-refractivity contribution >= 4 is 9.84 Å². The van der Waals surface area contributed by atoms with Gasteiger partial charge in [0.1, 0.15) is 16.4 Å². The zero-order valence-corrected chi connectivity index (χ0v) is 12.3. The molecule has 0 aliphatic carbocycles. The van der Waals surface area contributed by atoms with Crippen molar-refractivity contribution in [2.45, 2.75) is 30.6 Å². The van der Waals surface area contributed by atoms with Crippen LogP contribution in [0.1, 0.15) is 16.7 Å². The van der Waals surface area contributed by atoms with Gasteiger partial charge in [-0.2, -0.15) is 0 Å². The first-order valence-corrected chi connectivity index (χ1v) is 7.56. The molecular weight excluding hydrogens is 276 g/mol. The monoisotopic (exact) mass is 292 g/mol. The molecule has 0 amide bonds. The smallest absolute Gasteiger partial charge is 0.210 e. The molecule has 2 aromatic rings. The van der Waals surface area contributed by atoms with E-state index < -0.39 is 9.84 Å². The van der Waals surface area contributed by atoms with Crippen LogP contribution in [-0.4, -0.2) is 18.6 Å². The topological polar surface area (TPSA) is 74.6 Å². The second-order valence-electron chi connectivity index (χ2n) is 4.88. The minimum Gasteiger partial charge on any atom is -0.508 e. The van der Waals surface area contributed by atoms with Crippen LogP contribution in [0.25, 0.3) is 0 Å². The van der Waals surface area contributed by atoms with Crippen LogP contribution in [0.2, 0.25) is 0 Å². The largest absolute Gasteiger partial charge is 0.508 e. The molecule has 4 nitrogen and oxygen atoms in total. The standard InChI is InChI=1S/C15H16O4S/c1-9-6-11(3)15(17)14(7-9)20(18,19)12-5-4-10(2)13(16)8-12/h4-8,16-17H,1-3H3. The lowest BCUT2D eigenvalue weighted by Gasteiger charge is -2.11. The molecule has 0 spiro atoms. The van der Waals surface area contributed by atoms with Crippen LogP contribution in [0.4, 0.5) is 0 Å². The number of hydrogen-bond acceptors (Lipinski definition) is 4. The average molecular weight is 292 g/mol. The molecule has 0 saturated carbocycles. The molecule has 0 unspecified atom stereocenters. The Morgan fingerprint density at radius 3 is 2.15 bits per heavy atom. The quantitative estimate of drug-likeness (QED) is 0.892. The summed E-state index contributed by atoms with van der Waals surface area (Å²) in [5.74, 6) is -0.342. The van der Waals surface area contributed by atoms with Gasteiger partial charge in [0.25, 0.3) is 0 Å². The first-order chi connectivity index (χ1) is 9.23. The van der Waals surface area contributed by atoms with Crippen LogP contribution >= 0.6 is 0 Å². The Labute approximate surface area is 118 Å². The third-order valence-electron chi connectivity index (χ3n) is 3.19. The third-order valence-corrected chi connectivity index (χ3v) is 4.96. The summed E-state index contributed by atoms with van der Waals surface area (Å²) in [5.41, 5.74) is 1.84. The maximum atomic E-state index is 12.6. The molecule has 0 saturated heterocycles. The van der Waals surface area contributed by atoms with Crippen molar-refractivity contribution in [3.05, 3.63) is 47.0 Å². The SMILES string of the molecule is Cc1cc(C)c(O)c(S(=O)(=O)c2ccc(C)c(O)c2)c1. The maximum Gasteiger partial charge on any atom is 0.210 e. The van der Waals surface area contributed by atoms with Crippen molar-refractivity contribution < 1.29 is 18.6 Å². The van der Waals surface area contributed by atoms with Gasteiger partial charge < -0.3 is 10.2 Å². The molecule has 5 heteroatoms. The number of hydrogen-bond donors (Lipinski definition) is 2. The molecule has 2 aromatic carbocycles. The Balaban J connectivity index is 2.70. The van der Waals surface area contributed by atoms with Gasteiger partial charge in [-0.3, -0.25) is 0 Å². The van der Waals surface area contributed by atoms with E-state index in [1.807, 2.05) is 0 Å². The summed E-state index contributed by atoms with van der Waals surface area (Å²) in [7, 11) is -3.86. The molecule has 106 valence electrons. The summed E-state index contributed by atoms with van der Waals surface area (Å²) in [6.45, 7) is 5.09. The summed E-state index contributed by atoms with van der Waals surface area (Å²) in [6.07, 6.45) is 0. The van der Waals surface area contributed by atoms with E-state index in [2.05, 4.69) is 0 Å². The first-order valence-electron chi connectivity index (χ1n) is 6.08. The van der Waals surface area contributed by atoms with E-state index in [-0.39, 0.29) is 21.3 Å². The molecule has 0 atom stereocenters. The highest BCUT2D eigenvalue weighted by Gasteiger charge is 2.23. The minimum absolute atomic E-state index is 0.0408. The lowest BCUT2D eigenvalue weighted by Crippen LogP contribution is -2.04. The third kappa shape index (κ3) is 2.36. The molecule has 0 aromatic heterocycles. The Bertz CT molecular complexity index is 777. The van der Waals surface area contributed by atoms with Crippen molar-refractivity contribution in [3.63, 3.8) is 0 Å². The number of aromatic hydroxyl groups is 2. The summed E-state index contributed by atoms with van der Waals surface area (Å²) < 4.78 is 25.1. The van der Waals surface area contributed by atoms with E-state index in [1.165, 1.54) is 24.3 Å². The molecular formula is C15H16O4S. The zero-order valence-electron chi connectivity index (χ0n) is 11.5. The second kappa shape index (κ2) is 4.83. The van der Waals surface area contributed by atoms with Crippen LogP contribution in [0, 0.1) is 20.8 Å². The first kappa shape index (κ1) is 14.4. The van der Waals surface area contributed by atoms with E-state index in [1.54, 1.807) is 26.8 Å². The fraction of sp³-hybridized carbons (Fsp3) is 0.200. The molecule has 0 fully saturated rings. The van der Waals surface area contributed by atoms with Crippen LogP contribution < -0.4 is 0 Å². The van der Waals surface area contributed by atoms with Gasteiger partial charge in [0, 0.05) is 0 Å². The van der Waals surface area contributed by atoms with E-state index in [4.69, 9.17) is 0 Å². The van der Waals surface area contributed by atoms with Gasteiger partial charge in [-0.1, -0.05) is 12.1 Å². The molecule has 0 radical (unpaired) electrons. The Hall–Kier alpha value is -2.01. The molecule has 0 bridgehead atoms. The van der Waals surface area contributed by atoms with E-state index in [0.717, 1.165) is 5.56 Å². The number of sulfone groups is 1. The summed E-state index contributed by atoms with van der Waals surface area (Å²) in [4.78, 5) is -0.181. The van der Waals surface area contributed by atoms with Crippen molar-refractivity contribution in [2.75, 3.05) is 0 Å². The van der Waals surface area contributed by atoms with Crippen molar-refractivity contribution in [3.8, 4) is 11.5 Å². The van der Waals surface area contributed by atoms with Crippen LogP contribution in [0.3, 0.4) is 0 Å². The predicted molar refractivity (Wildman–Crippen MR) is 75.9 cm³/mol. The highest BCUT2D eigenvalue weighted by atomic mass is 32.2. The fourth-order valence-corrected chi connectivity index (χ4v) is 3.53. The Morgan fingerprint density at radius 2 is 1.55 bits per heavy atom. The molecule has 0 aliphatic heterocycles. The number of aryl methyl sites for hydroxylation is 3. The van der Waals surface area contributed by atoms with Gasteiger partial charge in [-0.25, -0.2) is 8.42 Å². The van der Waals surface area contributed by atoms with Gasteiger partial charge in [-0.05, 0) is 55.7 Å². The molecule has 0 aliphatic rings. The molecule has 0 heterocycles. The predicted octanol–water partition coefficient (Wildman–Crippen LogP) is 2.86. The Morgan fingerprint density at radius 1 is 0.900 bits per heavy atom. The van der Waals surface area contributed by atoms with E-state index >= 15 is 0 Å². The lowest BCUT2D eigenvalue weighted by atomic mass is 10.1. The van der Waals surface area contributed by atoms with Crippen molar-refractivity contribution in [1.29, 1.82) is 0 Å². The van der Waals surface area contributed by atoms with Crippen molar-refractivity contribution in [2.24, 2.45) is 0 Å². The molecule has 2 N–H and O–H groups in total. The van der Waals surface area contributed by atoms with Crippen molar-refractivity contribution in [1.82, 2.24) is 0 Å². The van der Waals surface area contributed by atoms with Crippen LogP contribution in [-0.2, 0) is 9.84 Å². The minimum atomic E-state index is -3.86. The van der Waals surface area contributed by atoms with Gasteiger partial charge >= 0.3 is 0 Å². The number of rotatable bonds is 2. The number of benzene rings is 2. The highest BCUT2D eigenvalue weighted by molar-refractivity contribution is 7.91. The van der Waals surface area contributed by atoms with Gasteiger partial charge in [0.2, 0.25) is 9.84 Å². The van der Waals surface area contributed by atoms with Crippen LogP contribution in [0.15, 0.2) is 40.1 Å². The van der Waals surface area contributed by atoms with Gasteiger partial charge in [0.05, 0.1) is 4.90 Å². The highest BCUT2D eigenvalue weighted by Crippen LogP contribution is 2.33. The zero-order chi connectivity index (χ0) is 15.1. The van der Waals surface area contributed by atoms with Gasteiger partial charge in [-0.15, -0.1) is 0 Å². The van der Waals surface area contributed by atoms with Gasteiger partial charge in [0.15, 0.2) is 0 Å². The van der Waals surface area contributed by atoms with Crippen LogP contribution in [0.5, 0.6) is 11.5 Å². The normalized spacial score (nSPS) is 11.6. The number of phenolic OH excluding ortho intramolecular Hbond substituents is 2. The summed E-state index contributed by atoms with van der Waals surface area (Å²) >= 11 is 0. The lowest BCUT2D eigenvalue weighted by molar-refractivity contribution is 0.453. The van der Waals surface area contributed by atoms with E-state index in [9.17, 15) is 18.6 Å². The summed E-state index contributed by atoms with van der Waals surface area (Å²) in [5, 5.41) is 19.7. The summed E-state index contributed by atoms with van der Waals surface area (Å²) in [6, 6.07) is 7.28. The number of phenols is 2. The maximum absolute atomic E-state index is 12.6. The molecule has 20 heavy (non-hydrogen) atoms. The Kier molecular flexibility index (Phi) is 3.48. The fourth-order valence-electron chi connectivity index (χ4n) is 2.01. The molecule has 2 rings (SSSR count). The van der Waals surface area contributed by atoms with E-state index in [0.29, 0.717) is 11.1 Å². The average Bonchev–Trinajstić information content (AvgIpc) is 2.36.